The number of imidazole rings is 1. The van der Waals surface area contributed by atoms with Crippen LogP contribution in [0.2, 0.25) is 0 Å². The molecule has 3 aromatic rings. The van der Waals surface area contributed by atoms with E-state index in [0.717, 1.165) is 24.0 Å². The lowest BCUT2D eigenvalue weighted by molar-refractivity contribution is -0.146. The van der Waals surface area contributed by atoms with Crippen LogP contribution in [-0.2, 0) is 20.8 Å². The number of para-hydroxylation sites is 1. The third-order valence-electron chi connectivity index (χ3n) is 5.97. The van der Waals surface area contributed by atoms with Gasteiger partial charge < -0.3 is 14.0 Å². The maximum atomic E-state index is 13.6. The van der Waals surface area contributed by atoms with Crippen molar-refractivity contribution in [2.24, 2.45) is 0 Å². The first-order valence-electron chi connectivity index (χ1n) is 10.9. The number of esters is 1. The number of ether oxygens (including phenoxy) is 2. The summed E-state index contributed by atoms with van der Waals surface area (Å²) in [5, 5.41) is 0. The zero-order valence-corrected chi connectivity index (χ0v) is 18.8. The summed E-state index contributed by atoms with van der Waals surface area (Å²) in [7, 11) is 0. The quantitative estimate of drug-likeness (QED) is 0.546. The molecular formula is C23H28N4O5. The van der Waals surface area contributed by atoms with Crippen molar-refractivity contribution in [3.63, 3.8) is 0 Å². The molecule has 9 heteroatoms. The fraction of sp³-hybridized carbons (Fsp3) is 0.478. The van der Waals surface area contributed by atoms with Gasteiger partial charge >= 0.3 is 11.7 Å². The van der Waals surface area contributed by atoms with Gasteiger partial charge in [-0.3, -0.25) is 9.36 Å². The Morgan fingerprint density at radius 3 is 2.62 bits per heavy atom. The number of hydrogen-bond acceptors (Lipinski definition) is 6. The van der Waals surface area contributed by atoms with Crippen LogP contribution in [-0.4, -0.2) is 44.0 Å². The SMILES string of the molecule is CCOC(=O)[C@@H](C)n1cnc2c1c(=O)n(C[C@H]1CCCO1)c(=O)n2-c1c(C)cccc1C. The number of carbonyl (C=O) groups excluding carboxylic acids is 1. The molecule has 0 spiro atoms. The van der Waals surface area contributed by atoms with Crippen LogP contribution in [0.25, 0.3) is 16.9 Å². The number of aromatic nitrogens is 4. The topological polar surface area (TPSA) is 97.4 Å². The predicted octanol–water partition coefficient (Wildman–Crippen LogP) is 2.27. The summed E-state index contributed by atoms with van der Waals surface area (Å²) in [6.45, 7) is 8.19. The van der Waals surface area contributed by atoms with Gasteiger partial charge in [0.1, 0.15) is 6.04 Å². The third-order valence-corrected chi connectivity index (χ3v) is 5.97. The van der Waals surface area contributed by atoms with Gasteiger partial charge in [-0.25, -0.2) is 19.1 Å². The van der Waals surface area contributed by atoms with Crippen LogP contribution in [0.4, 0.5) is 0 Å². The highest BCUT2D eigenvalue weighted by Gasteiger charge is 2.27. The van der Waals surface area contributed by atoms with E-state index in [1.165, 1.54) is 20.0 Å². The van der Waals surface area contributed by atoms with Crippen LogP contribution < -0.4 is 11.2 Å². The van der Waals surface area contributed by atoms with Gasteiger partial charge in [0.05, 0.1) is 31.3 Å². The molecule has 2 aromatic heterocycles. The van der Waals surface area contributed by atoms with Gasteiger partial charge in [0.2, 0.25) is 0 Å². The minimum absolute atomic E-state index is 0.150. The number of carbonyl (C=O) groups is 1. The lowest BCUT2D eigenvalue weighted by atomic mass is 10.1. The zero-order chi connectivity index (χ0) is 23.0. The van der Waals surface area contributed by atoms with Crippen LogP contribution >= 0.6 is 0 Å². The van der Waals surface area contributed by atoms with E-state index in [9.17, 15) is 14.4 Å². The monoisotopic (exact) mass is 440 g/mol. The van der Waals surface area contributed by atoms with Crippen molar-refractivity contribution in [1.82, 2.24) is 18.7 Å². The van der Waals surface area contributed by atoms with E-state index < -0.39 is 23.3 Å². The van der Waals surface area contributed by atoms with Crippen LogP contribution in [0.1, 0.15) is 43.9 Å². The Labute approximate surface area is 185 Å². The van der Waals surface area contributed by atoms with E-state index in [-0.39, 0.29) is 30.4 Å². The molecule has 1 aromatic carbocycles. The highest BCUT2D eigenvalue weighted by molar-refractivity contribution is 5.79. The number of hydrogen-bond donors (Lipinski definition) is 0. The first-order chi connectivity index (χ1) is 15.3. The molecule has 0 saturated carbocycles. The molecule has 0 N–H and O–H groups in total. The molecule has 1 aliphatic heterocycles. The molecule has 0 amide bonds. The van der Waals surface area contributed by atoms with Crippen LogP contribution in [0.15, 0.2) is 34.1 Å². The van der Waals surface area contributed by atoms with Gasteiger partial charge in [0.25, 0.3) is 5.56 Å². The molecule has 1 aliphatic rings. The average Bonchev–Trinajstić information content (AvgIpc) is 3.43. The molecule has 0 radical (unpaired) electrons. The maximum Gasteiger partial charge on any atom is 0.337 e. The molecule has 9 nitrogen and oxygen atoms in total. The lowest BCUT2D eigenvalue weighted by Crippen LogP contribution is -2.43. The number of rotatable bonds is 6. The van der Waals surface area contributed by atoms with Gasteiger partial charge in [-0.15, -0.1) is 0 Å². The summed E-state index contributed by atoms with van der Waals surface area (Å²) in [4.78, 5) is 44.0. The Morgan fingerprint density at radius 1 is 1.28 bits per heavy atom. The van der Waals surface area contributed by atoms with Gasteiger partial charge in [-0.05, 0) is 51.7 Å². The molecular weight excluding hydrogens is 412 g/mol. The van der Waals surface area contributed by atoms with Crippen LogP contribution in [0.3, 0.4) is 0 Å². The first kappa shape index (κ1) is 22.0. The highest BCUT2D eigenvalue weighted by atomic mass is 16.5. The molecule has 1 saturated heterocycles. The lowest BCUT2D eigenvalue weighted by Gasteiger charge is -2.18. The fourth-order valence-electron chi connectivity index (χ4n) is 4.33. The summed E-state index contributed by atoms with van der Waals surface area (Å²) in [6, 6.07) is 4.97. The van der Waals surface area contributed by atoms with Gasteiger partial charge in [-0.2, -0.15) is 0 Å². The van der Waals surface area contributed by atoms with Crippen molar-refractivity contribution in [3.05, 3.63) is 56.5 Å². The van der Waals surface area contributed by atoms with Crippen LogP contribution in [0.5, 0.6) is 0 Å². The second-order valence-electron chi connectivity index (χ2n) is 8.16. The molecule has 32 heavy (non-hydrogen) atoms. The van der Waals surface area contributed by atoms with Crippen molar-refractivity contribution >= 4 is 17.1 Å². The smallest absolute Gasteiger partial charge is 0.337 e. The summed E-state index contributed by atoms with van der Waals surface area (Å²) >= 11 is 0. The zero-order valence-electron chi connectivity index (χ0n) is 18.8. The molecule has 3 heterocycles. The molecule has 0 bridgehead atoms. The Morgan fingerprint density at radius 2 is 2.00 bits per heavy atom. The number of benzene rings is 1. The van der Waals surface area contributed by atoms with Gasteiger partial charge in [0, 0.05) is 6.61 Å². The molecule has 1 fully saturated rings. The highest BCUT2D eigenvalue weighted by Crippen LogP contribution is 2.23. The maximum absolute atomic E-state index is 13.6. The summed E-state index contributed by atoms with van der Waals surface area (Å²) in [6.07, 6.45) is 2.90. The van der Waals surface area contributed by atoms with E-state index >= 15 is 0 Å². The number of fused-ring (bicyclic) bond motifs is 1. The van der Waals surface area contributed by atoms with Crippen LogP contribution in [0, 0.1) is 13.8 Å². The van der Waals surface area contributed by atoms with E-state index in [0.29, 0.717) is 12.3 Å². The number of nitrogens with zero attached hydrogens (tertiary/aromatic N) is 4. The fourth-order valence-corrected chi connectivity index (χ4v) is 4.33. The average molecular weight is 441 g/mol. The van der Waals surface area contributed by atoms with Crippen molar-refractivity contribution in [3.8, 4) is 5.69 Å². The summed E-state index contributed by atoms with van der Waals surface area (Å²) in [5.74, 6) is -0.471. The summed E-state index contributed by atoms with van der Waals surface area (Å²) in [5.41, 5.74) is 1.88. The van der Waals surface area contributed by atoms with Crippen molar-refractivity contribution in [2.45, 2.75) is 59.2 Å². The summed E-state index contributed by atoms with van der Waals surface area (Å²) < 4.78 is 15.0. The Balaban J connectivity index is 2.03. The second kappa shape index (κ2) is 8.74. The minimum Gasteiger partial charge on any atom is -0.464 e. The molecule has 0 unspecified atom stereocenters. The van der Waals surface area contributed by atoms with Crippen molar-refractivity contribution in [1.29, 1.82) is 0 Å². The second-order valence-corrected chi connectivity index (χ2v) is 8.16. The first-order valence-corrected chi connectivity index (χ1v) is 10.9. The van der Waals surface area contributed by atoms with Gasteiger partial charge in [-0.1, -0.05) is 18.2 Å². The van der Waals surface area contributed by atoms with Gasteiger partial charge in [0.15, 0.2) is 11.2 Å². The molecule has 2 atom stereocenters. The van der Waals surface area contributed by atoms with E-state index in [4.69, 9.17) is 9.47 Å². The molecule has 170 valence electrons. The predicted molar refractivity (Wildman–Crippen MR) is 119 cm³/mol. The van der Waals surface area contributed by atoms with E-state index in [1.54, 1.807) is 13.8 Å². The van der Waals surface area contributed by atoms with E-state index in [1.807, 2.05) is 32.0 Å². The molecule has 4 rings (SSSR count). The largest absolute Gasteiger partial charge is 0.464 e. The van der Waals surface area contributed by atoms with E-state index in [2.05, 4.69) is 4.98 Å². The Hall–Kier alpha value is -3.20. The van der Waals surface area contributed by atoms with Crippen molar-refractivity contribution in [2.75, 3.05) is 13.2 Å². The number of aryl methyl sites for hydroxylation is 2. The minimum atomic E-state index is -0.771. The molecule has 0 aliphatic carbocycles. The Bertz CT molecular complexity index is 1260. The standard InChI is InChI=1S/C23H28N4O5/c1-5-31-22(29)16(4)26-13-24-20-19(26)21(28)25(12-17-10-7-11-32-17)23(30)27(20)18-14(2)8-6-9-15(18)3/h6,8-9,13,16-17H,5,7,10-12H2,1-4H3/t16-,17-/m1/s1. The normalized spacial score (nSPS) is 17.1. The Kier molecular flexibility index (Phi) is 6.01. The van der Waals surface area contributed by atoms with Crippen molar-refractivity contribution < 1.29 is 14.3 Å². The third kappa shape index (κ3) is 3.66.